The Bertz CT molecular complexity index is 1280. The van der Waals surface area contributed by atoms with Crippen LogP contribution in [0, 0.1) is 12.7 Å². The van der Waals surface area contributed by atoms with Crippen LogP contribution in [0.15, 0.2) is 72.3 Å². The summed E-state index contributed by atoms with van der Waals surface area (Å²) >= 11 is 0. The second-order valence-electron chi connectivity index (χ2n) is 8.38. The minimum atomic E-state index is -0.974. The maximum atomic E-state index is 13.5. The molecule has 3 aromatic rings. The number of phenolic OH excluding ortho intramolecular Hbond substituents is 1. The van der Waals surface area contributed by atoms with Crippen LogP contribution in [-0.2, 0) is 9.59 Å². The Balaban J connectivity index is 1.88. The predicted octanol–water partition coefficient (Wildman–Crippen LogP) is 5.25. The number of aryl methyl sites for hydroxylation is 1. The summed E-state index contributed by atoms with van der Waals surface area (Å²) in [7, 11) is 0. The molecule has 1 heterocycles. The van der Waals surface area contributed by atoms with Crippen LogP contribution < -0.4 is 9.64 Å². The summed E-state index contributed by atoms with van der Waals surface area (Å²) in [5.41, 5.74) is 1.81. The Morgan fingerprint density at radius 2 is 1.65 bits per heavy atom. The van der Waals surface area contributed by atoms with Gasteiger partial charge in [-0.2, -0.15) is 0 Å². The zero-order chi connectivity index (χ0) is 24.6. The zero-order valence-electron chi connectivity index (χ0n) is 18.9. The van der Waals surface area contributed by atoms with Gasteiger partial charge in [-0.25, -0.2) is 4.39 Å². The first-order valence-corrected chi connectivity index (χ1v) is 10.8. The molecule has 3 aromatic carbocycles. The molecule has 34 heavy (non-hydrogen) atoms. The van der Waals surface area contributed by atoms with Crippen molar-refractivity contribution in [1.29, 1.82) is 0 Å². The second-order valence-corrected chi connectivity index (χ2v) is 8.38. The van der Waals surface area contributed by atoms with Gasteiger partial charge in [0.15, 0.2) is 0 Å². The van der Waals surface area contributed by atoms with Crippen LogP contribution in [0.2, 0.25) is 0 Å². The largest absolute Gasteiger partial charge is 0.508 e. The number of anilines is 1. The van der Waals surface area contributed by atoms with Crippen molar-refractivity contribution in [3.05, 3.63) is 94.8 Å². The van der Waals surface area contributed by atoms with E-state index in [0.29, 0.717) is 22.6 Å². The van der Waals surface area contributed by atoms with Gasteiger partial charge in [-0.05, 0) is 86.5 Å². The SMILES string of the molecule is Cc1cc(/C(O)=C2/C(=O)C(=O)N(c3ccc(F)cc3)C2c2ccc(O)cc2)ccc1OC(C)C. The molecular weight excluding hydrogens is 437 g/mol. The van der Waals surface area contributed by atoms with E-state index in [4.69, 9.17) is 4.74 Å². The van der Waals surface area contributed by atoms with Gasteiger partial charge >= 0.3 is 0 Å². The number of carbonyl (C=O) groups is 2. The van der Waals surface area contributed by atoms with Gasteiger partial charge in [-0.1, -0.05) is 12.1 Å². The van der Waals surface area contributed by atoms with Crippen LogP contribution in [0.5, 0.6) is 11.5 Å². The van der Waals surface area contributed by atoms with Crippen LogP contribution >= 0.6 is 0 Å². The van der Waals surface area contributed by atoms with Gasteiger partial charge in [0.1, 0.15) is 23.1 Å². The quantitative estimate of drug-likeness (QED) is 0.308. The molecule has 0 saturated carbocycles. The van der Waals surface area contributed by atoms with Crippen LogP contribution in [0.25, 0.3) is 5.76 Å². The van der Waals surface area contributed by atoms with Crippen LogP contribution in [0.3, 0.4) is 0 Å². The molecule has 1 unspecified atom stereocenters. The van der Waals surface area contributed by atoms with Crippen molar-refractivity contribution in [3.8, 4) is 11.5 Å². The third-order valence-electron chi connectivity index (χ3n) is 5.57. The molecule has 1 saturated heterocycles. The van der Waals surface area contributed by atoms with Crippen molar-refractivity contribution in [1.82, 2.24) is 0 Å². The highest BCUT2D eigenvalue weighted by Crippen LogP contribution is 2.42. The molecule has 4 rings (SSSR count). The molecule has 0 radical (unpaired) electrons. The molecule has 1 fully saturated rings. The summed E-state index contributed by atoms with van der Waals surface area (Å²) in [6.07, 6.45) is -0.0336. The van der Waals surface area contributed by atoms with E-state index in [1.165, 1.54) is 41.3 Å². The van der Waals surface area contributed by atoms with Crippen molar-refractivity contribution in [2.45, 2.75) is 32.9 Å². The van der Waals surface area contributed by atoms with Crippen molar-refractivity contribution < 1.29 is 28.9 Å². The Morgan fingerprint density at radius 3 is 2.24 bits per heavy atom. The Kier molecular flexibility index (Phi) is 6.11. The molecular formula is C27H24FNO5. The number of rotatable bonds is 5. The van der Waals surface area contributed by atoms with Crippen molar-refractivity contribution in [2.24, 2.45) is 0 Å². The first kappa shape index (κ1) is 23.0. The van der Waals surface area contributed by atoms with Crippen LogP contribution in [0.4, 0.5) is 10.1 Å². The number of benzene rings is 3. The Morgan fingerprint density at radius 1 is 1.00 bits per heavy atom. The molecule has 174 valence electrons. The van der Waals surface area contributed by atoms with Gasteiger partial charge in [0.25, 0.3) is 11.7 Å². The number of hydrogen-bond donors (Lipinski definition) is 2. The molecule has 2 N–H and O–H groups in total. The van der Waals surface area contributed by atoms with E-state index in [9.17, 15) is 24.2 Å². The van der Waals surface area contributed by atoms with E-state index in [2.05, 4.69) is 0 Å². The number of Topliss-reactive ketones (excluding diaryl/α,β-unsaturated/α-hetero) is 1. The summed E-state index contributed by atoms with van der Waals surface area (Å²) in [4.78, 5) is 27.5. The maximum absolute atomic E-state index is 13.5. The number of aromatic hydroxyl groups is 1. The van der Waals surface area contributed by atoms with E-state index in [1.54, 1.807) is 30.3 Å². The monoisotopic (exact) mass is 461 g/mol. The molecule has 1 amide bonds. The number of halogens is 1. The molecule has 0 aliphatic carbocycles. The standard InChI is InChI=1S/C27H24FNO5/c1-15(2)34-22-13-6-18(14-16(22)3)25(31)23-24(17-4-11-21(30)12-5-17)29(27(33)26(23)32)20-9-7-19(28)8-10-20/h4-15,24,30-31H,1-3H3/b25-23-. The fraction of sp³-hybridized carbons (Fsp3) is 0.185. The van der Waals surface area contributed by atoms with E-state index in [1.807, 2.05) is 20.8 Å². The predicted molar refractivity (Wildman–Crippen MR) is 126 cm³/mol. The molecule has 1 aliphatic rings. The number of amides is 1. The first-order valence-electron chi connectivity index (χ1n) is 10.8. The number of hydrogen-bond acceptors (Lipinski definition) is 5. The summed E-state index contributed by atoms with van der Waals surface area (Å²) in [5.74, 6) is -1.86. The molecule has 1 atom stereocenters. The summed E-state index contributed by atoms with van der Waals surface area (Å²) in [6, 6.07) is 15.2. The fourth-order valence-electron chi connectivity index (χ4n) is 4.01. The minimum absolute atomic E-state index is 0.0128. The average molecular weight is 461 g/mol. The van der Waals surface area contributed by atoms with Gasteiger partial charge in [0.05, 0.1) is 17.7 Å². The lowest BCUT2D eigenvalue weighted by Gasteiger charge is -2.25. The lowest BCUT2D eigenvalue weighted by atomic mass is 9.94. The van der Waals surface area contributed by atoms with Gasteiger partial charge in [0.2, 0.25) is 0 Å². The zero-order valence-corrected chi connectivity index (χ0v) is 18.9. The van der Waals surface area contributed by atoms with Crippen molar-refractivity contribution in [3.63, 3.8) is 0 Å². The number of ether oxygens (including phenoxy) is 1. The van der Waals surface area contributed by atoms with Gasteiger partial charge in [0, 0.05) is 11.3 Å². The highest BCUT2D eigenvalue weighted by Gasteiger charge is 2.47. The van der Waals surface area contributed by atoms with Gasteiger partial charge < -0.3 is 14.9 Å². The fourth-order valence-corrected chi connectivity index (χ4v) is 4.01. The summed E-state index contributed by atoms with van der Waals surface area (Å²) < 4.78 is 19.3. The Labute approximate surface area is 196 Å². The molecule has 7 heteroatoms. The number of phenols is 1. The van der Waals surface area contributed by atoms with E-state index >= 15 is 0 Å². The second kappa shape index (κ2) is 9.02. The summed E-state index contributed by atoms with van der Waals surface area (Å²) in [6.45, 7) is 5.63. The number of carbonyl (C=O) groups excluding carboxylic acids is 2. The van der Waals surface area contributed by atoms with Crippen molar-refractivity contribution in [2.75, 3.05) is 4.90 Å². The highest BCUT2D eigenvalue weighted by molar-refractivity contribution is 6.51. The third kappa shape index (κ3) is 4.24. The number of aliphatic hydroxyl groups is 1. The minimum Gasteiger partial charge on any atom is -0.508 e. The van der Waals surface area contributed by atoms with Crippen molar-refractivity contribution >= 4 is 23.1 Å². The molecule has 0 spiro atoms. The number of aliphatic hydroxyl groups excluding tert-OH is 1. The normalized spacial score (nSPS) is 17.4. The molecule has 0 bridgehead atoms. The smallest absolute Gasteiger partial charge is 0.300 e. The topological polar surface area (TPSA) is 87.1 Å². The van der Waals surface area contributed by atoms with Crippen LogP contribution in [-0.4, -0.2) is 28.0 Å². The first-order chi connectivity index (χ1) is 16.2. The molecule has 1 aliphatic heterocycles. The summed E-state index contributed by atoms with van der Waals surface area (Å²) in [5, 5.41) is 21.0. The van der Waals surface area contributed by atoms with E-state index in [0.717, 1.165) is 5.56 Å². The number of ketones is 1. The van der Waals surface area contributed by atoms with Gasteiger partial charge in [-0.15, -0.1) is 0 Å². The molecule has 6 nitrogen and oxygen atoms in total. The Hall–Kier alpha value is -4.13. The lowest BCUT2D eigenvalue weighted by molar-refractivity contribution is -0.132. The maximum Gasteiger partial charge on any atom is 0.300 e. The molecule has 0 aromatic heterocycles. The lowest BCUT2D eigenvalue weighted by Crippen LogP contribution is -2.29. The third-order valence-corrected chi connectivity index (χ3v) is 5.57. The van der Waals surface area contributed by atoms with Crippen LogP contribution in [0.1, 0.15) is 36.6 Å². The van der Waals surface area contributed by atoms with Gasteiger partial charge in [-0.3, -0.25) is 14.5 Å². The number of nitrogens with zero attached hydrogens (tertiary/aromatic N) is 1. The van der Waals surface area contributed by atoms with E-state index in [-0.39, 0.29) is 23.2 Å². The average Bonchev–Trinajstić information content (AvgIpc) is 3.06. The highest BCUT2D eigenvalue weighted by atomic mass is 19.1. The van der Waals surface area contributed by atoms with E-state index < -0.39 is 23.5 Å².